The summed E-state index contributed by atoms with van der Waals surface area (Å²) in [6.45, 7) is 4.48. The Hall–Kier alpha value is -1.53. The number of carbonyl (C=O) groups is 1. The minimum absolute atomic E-state index is 0.0100. The first-order valence-electron chi connectivity index (χ1n) is 9.64. The SMILES string of the molecule is Cc1cnc(CNC(=O)[C@H]2C[C@@H]3CCN(C4CCCC4)C[C@H]3O2)cn1. The summed E-state index contributed by atoms with van der Waals surface area (Å²) in [6, 6.07) is 0.748. The molecule has 1 amide bonds. The van der Waals surface area contributed by atoms with Gasteiger partial charge in [0.05, 0.1) is 30.2 Å². The molecule has 1 aromatic rings. The highest BCUT2D eigenvalue weighted by Gasteiger charge is 2.43. The van der Waals surface area contributed by atoms with Crippen LogP contribution in [-0.2, 0) is 16.1 Å². The normalized spacial score (nSPS) is 30.4. The largest absolute Gasteiger partial charge is 0.364 e. The van der Waals surface area contributed by atoms with E-state index >= 15 is 0 Å². The predicted octanol–water partition coefficient (Wildman–Crippen LogP) is 1.82. The summed E-state index contributed by atoms with van der Waals surface area (Å²) < 4.78 is 6.13. The van der Waals surface area contributed by atoms with Gasteiger partial charge in [-0.3, -0.25) is 19.7 Å². The zero-order valence-electron chi connectivity index (χ0n) is 15.0. The van der Waals surface area contributed by atoms with Crippen molar-refractivity contribution in [3.63, 3.8) is 0 Å². The number of rotatable bonds is 4. The number of piperidine rings is 1. The molecule has 3 heterocycles. The van der Waals surface area contributed by atoms with Gasteiger partial charge in [-0.15, -0.1) is 0 Å². The summed E-state index contributed by atoms with van der Waals surface area (Å²) in [5.74, 6) is 0.525. The lowest BCUT2D eigenvalue weighted by Gasteiger charge is -2.37. The van der Waals surface area contributed by atoms with Crippen LogP contribution in [0.4, 0.5) is 0 Å². The molecule has 136 valence electrons. The first kappa shape index (κ1) is 16.9. The third-order valence-electron chi connectivity index (χ3n) is 5.99. The highest BCUT2D eigenvalue weighted by molar-refractivity contribution is 5.81. The standard InChI is InChI=1S/C19H28N4O2/c1-13-9-21-15(10-20-13)11-22-19(24)17-8-14-6-7-23(12-18(14)25-17)16-4-2-3-5-16/h9-10,14,16-18H,2-8,11-12H2,1H3,(H,22,24)/t14-,17+,18+/m0/s1. The molecule has 2 saturated heterocycles. The van der Waals surface area contributed by atoms with E-state index in [4.69, 9.17) is 4.74 Å². The van der Waals surface area contributed by atoms with Gasteiger partial charge in [-0.05, 0) is 45.1 Å². The Morgan fingerprint density at radius 1 is 1.28 bits per heavy atom. The molecule has 0 aromatic carbocycles. The number of fused-ring (bicyclic) bond motifs is 1. The summed E-state index contributed by atoms with van der Waals surface area (Å²) in [6.07, 6.45) is 10.8. The zero-order valence-corrected chi connectivity index (χ0v) is 15.0. The molecule has 6 nitrogen and oxygen atoms in total. The number of aromatic nitrogens is 2. The van der Waals surface area contributed by atoms with Gasteiger partial charge in [0.2, 0.25) is 5.91 Å². The third kappa shape index (κ3) is 3.85. The summed E-state index contributed by atoms with van der Waals surface area (Å²) >= 11 is 0. The highest BCUT2D eigenvalue weighted by atomic mass is 16.5. The molecule has 0 radical (unpaired) electrons. The molecule has 3 fully saturated rings. The van der Waals surface area contributed by atoms with Crippen LogP contribution in [0.25, 0.3) is 0 Å². The lowest BCUT2D eigenvalue weighted by atomic mass is 9.90. The maximum atomic E-state index is 12.5. The van der Waals surface area contributed by atoms with Crippen LogP contribution in [-0.4, -0.2) is 52.1 Å². The number of nitrogens with zero attached hydrogens (tertiary/aromatic N) is 3. The smallest absolute Gasteiger partial charge is 0.249 e. The fourth-order valence-corrected chi connectivity index (χ4v) is 4.53. The van der Waals surface area contributed by atoms with Crippen LogP contribution in [0.15, 0.2) is 12.4 Å². The van der Waals surface area contributed by atoms with E-state index in [1.54, 1.807) is 12.4 Å². The number of aryl methyl sites for hydroxylation is 1. The molecule has 3 atom stereocenters. The van der Waals surface area contributed by atoms with Crippen molar-refractivity contribution in [3.05, 3.63) is 23.8 Å². The quantitative estimate of drug-likeness (QED) is 0.902. The Bertz CT molecular complexity index is 600. The minimum Gasteiger partial charge on any atom is -0.364 e. The summed E-state index contributed by atoms with van der Waals surface area (Å²) in [5.41, 5.74) is 1.66. The number of hydrogen-bond donors (Lipinski definition) is 1. The Morgan fingerprint density at radius 2 is 2.12 bits per heavy atom. The van der Waals surface area contributed by atoms with E-state index in [0.29, 0.717) is 12.5 Å². The number of likely N-dealkylation sites (tertiary alicyclic amines) is 1. The molecule has 6 heteroatoms. The van der Waals surface area contributed by atoms with Gasteiger partial charge in [-0.2, -0.15) is 0 Å². The van der Waals surface area contributed by atoms with Crippen LogP contribution in [0.2, 0.25) is 0 Å². The van der Waals surface area contributed by atoms with E-state index in [9.17, 15) is 4.79 Å². The fourth-order valence-electron chi connectivity index (χ4n) is 4.53. The van der Waals surface area contributed by atoms with Crippen LogP contribution >= 0.6 is 0 Å². The van der Waals surface area contributed by atoms with Gasteiger partial charge in [0.25, 0.3) is 0 Å². The van der Waals surface area contributed by atoms with Crippen LogP contribution in [0.5, 0.6) is 0 Å². The minimum atomic E-state index is -0.308. The Kier molecular flexibility index (Phi) is 4.99. The average Bonchev–Trinajstić information content (AvgIpc) is 3.29. The average molecular weight is 344 g/mol. The van der Waals surface area contributed by atoms with E-state index in [2.05, 4.69) is 20.2 Å². The van der Waals surface area contributed by atoms with Gasteiger partial charge in [-0.1, -0.05) is 12.8 Å². The maximum Gasteiger partial charge on any atom is 0.249 e. The first-order valence-corrected chi connectivity index (χ1v) is 9.64. The van der Waals surface area contributed by atoms with E-state index in [-0.39, 0.29) is 18.1 Å². The molecule has 25 heavy (non-hydrogen) atoms. The molecular weight excluding hydrogens is 316 g/mol. The lowest BCUT2D eigenvalue weighted by Crippen LogP contribution is -2.46. The van der Waals surface area contributed by atoms with Gasteiger partial charge < -0.3 is 10.1 Å². The lowest BCUT2D eigenvalue weighted by molar-refractivity contribution is -0.133. The molecule has 1 aromatic heterocycles. The van der Waals surface area contributed by atoms with Gasteiger partial charge in [-0.25, -0.2) is 0 Å². The molecule has 0 unspecified atom stereocenters. The number of nitrogens with one attached hydrogen (secondary N) is 1. The van der Waals surface area contributed by atoms with Crippen molar-refractivity contribution in [2.45, 2.75) is 70.2 Å². The summed E-state index contributed by atoms with van der Waals surface area (Å²) in [4.78, 5) is 23.6. The van der Waals surface area contributed by atoms with Crippen LogP contribution < -0.4 is 5.32 Å². The van der Waals surface area contributed by atoms with Crippen LogP contribution in [0, 0.1) is 12.8 Å². The van der Waals surface area contributed by atoms with Crippen molar-refractivity contribution >= 4 is 5.91 Å². The van der Waals surface area contributed by atoms with Gasteiger partial charge in [0.1, 0.15) is 6.10 Å². The second kappa shape index (κ2) is 7.38. The Balaban J connectivity index is 1.28. The van der Waals surface area contributed by atoms with Crippen molar-refractivity contribution < 1.29 is 9.53 Å². The van der Waals surface area contributed by atoms with E-state index in [1.807, 2.05) is 6.92 Å². The Labute approximate surface area is 149 Å². The van der Waals surface area contributed by atoms with Crippen molar-refractivity contribution in [1.29, 1.82) is 0 Å². The third-order valence-corrected chi connectivity index (χ3v) is 5.99. The van der Waals surface area contributed by atoms with Crippen molar-refractivity contribution in [1.82, 2.24) is 20.2 Å². The highest BCUT2D eigenvalue weighted by Crippen LogP contribution is 2.36. The zero-order chi connectivity index (χ0) is 17.2. The van der Waals surface area contributed by atoms with Crippen LogP contribution in [0.1, 0.15) is 49.9 Å². The number of hydrogen-bond acceptors (Lipinski definition) is 5. The fraction of sp³-hybridized carbons (Fsp3) is 0.737. The number of amides is 1. The van der Waals surface area contributed by atoms with Gasteiger partial charge >= 0.3 is 0 Å². The Morgan fingerprint density at radius 3 is 2.88 bits per heavy atom. The van der Waals surface area contributed by atoms with E-state index in [0.717, 1.165) is 36.8 Å². The molecule has 1 saturated carbocycles. The first-order chi connectivity index (χ1) is 12.2. The molecule has 0 spiro atoms. The molecule has 1 aliphatic carbocycles. The van der Waals surface area contributed by atoms with Crippen molar-refractivity contribution in [2.75, 3.05) is 13.1 Å². The second-order valence-corrected chi connectivity index (χ2v) is 7.75. The molecule has 4 rings (SSSR count). The molecule has 3 aliphatic rings. The van der Waals surface area contributed by atoms with Crippen molar-refractivity contribution in [3.8, 4) is 0 Å². The van der Waals surface area contributed by atoms with E-state index < -0.39 is 0 Å². The van der Waals surface area contributed by atoms with Gasteiger partial charge in [0, 0.05) is 18.8 Å². The predicted molar refractivity (Wildman–Crippen MR) is 93.8 cm³/mol. The number of ether oxygens (including phenoxy) is 1. The topological polar surface area (TPSA) is 67.4 Å². The molecule has 1 N–H and O–H groups in total. The molecule has 0 bridgehead atoms. The summed E-state index contributed by atoms with van der Waals surface area (Å²) in [7, 11) is 0. The maximum absolute atomic E-state index is 12.5. The van der Waals surface area contributed by atoms with Crippen LogP contribution in [0.3, 0.4) is 0 Å². The monoisotopic (exact) mass is 344 g/mol. The van der Waals surface area contributed by atoms with Gasteiger partial charge in [0.15, 0.2) is 0 Å². The second-order valence-electron chi connectivity index (χ2n) is 7.75. The molecule has 2 aliphatic heterocycles. The number of carbonyl (C=O) groups excluding carboxylic acids is 1. The van der Waals surface area contributed by atoms with Crippen molar-refractivity contribution in [2.24, 2.45) is 5.92 Å². The molecular formula is C19H28N4O2. The summed E-state index contributed by atoms with van der Waals surface area (Å²) in [5, 5.41) is 2.96. The van der Waals surface area contributed by atoms with E-state index in [1.165, 1.54) is 32.2 Å².